The van der Waals surface area contributed by atoms with E-state index >= 15 is 0 Å². The Labute approximate surface area is 134 Å². The molecule has 2 rings (SSSR count). The van der Waals surface area contributed by atoms with Crippen molar-refractivity contribution < 1.29 is 13.3 Å². The van der Waals surface area contributed by atoms with E-state index < -0.39 is 14.9 Å². The normalized spacial score (nSPS) is 20.0. The van der Waals surface area contributed by atoms with Crippen LogP contribution in [0.4, 0.5) is 5.69 Å². The monoisotopic (exact) mass is 347 g/mol. The Kier molecular flexibility index (Phi) is 5.06. The van der Waals surface area contributed by atoms with Crippen molar-refractivity contribution in [3.05, 3.63) is 32.8 Å². The third kappa shape index (κ3) is 3.10. The number of piperidine rings is 1. The van der Waals surface area contributed by atoms with Crippen molar-refractivity contribution >= 4 is 27.3 Å². The van der Waals surface area contributed by atoms with E-state index in [0.717, 1.165) is 18.9 Å². The molecule has 1 aliphatic heterocycles. The van der Waals surface area contributed by atoms with Gasteiger partial charge >= 0.3 is 0 Å². The molecule has 1 unspecified atom stereocenters. The van der Waals surface area contributed by atoms with Gasteiger partial charge in [0, 0.05) is 30.8 Å². The highest BCUT2D eigenvalue weighted by Gasteiger charge is 2.34. The van der Waals surface area contributed by atoms with Crippen molar-refractivity contribution in [2.45, 2.75) is 37.1 Å². The molecule has 9 heteroatoms. The standard InChI is InChI=1S/C13H18ClN3O4S/c1-9-12(14)6-11(7-13(9)17(18)19)22(20,21)16-5-3-2-4-10(16)8-15/h6-7,10H,2-5,8,15H2,1H3. The molecule has 0 aliphatic carbocycles. The topological polar surface area (TPSA) is 107 Å². The molecular weight excluding hydrogens is 330 g/mol. The zero-order valence-electron chi connectivity index (χ0n) is 12.2. The molecule has 0 aromatic heterocycles. The molecular formula is C13H18ClN3O4S. The summed E-state index contributed by atoms with van der Waals surface area (Å²) in [6.45, 7) is 2.07. The van der Waals surface area contributed by atoms with Crippen LogP contribution < -0.4 is 5.73 Å². The maximum atomic E-state index is 12.8. The van der Waals surface area contributed by atoms with Gasteiger partial charge in [-0.2, -0.15) is 4.31 Å². The predicted molar refractivity (Wildman–Crippen MR) is 83.4 cm³/mol. The number of nitro benzene ring substituents is 1. The molecule has 1 heterocycles. The molecule has 0 spiro atoms. The van der Waals surface area contributed by atoms with Gasteiger partial charge in [-0.1, -0.05) is 18.0 Å². The largest absolute Gasteiger partial charge is 0.329 e. The van der Waals surface area contributed by atoms with E-state index in [4.69, 9.17) is 17.3 Å². The molecule has 2 N–H and O–H groups in total. The summed E-state index contributed by atoms with van der Waals surface area (Å²) in [6, 6.07) is 2.05. The Morgan fingerprint density at radius 3 is 2.73 bits per heavy atom. The fourth-order valence-corrected chi connectivity index (χ4v) is 4.67. The van der Waals surface area contributed by atoms with Gasteiger partial charge in [-0.15, -0.1) is 0 Å². The van der Waals surface area contributed by atoms with E-state index in [1.165, 1.54) is 17.3 Å². The van der Waals surface area contributed by atoms with Crippen LogP contribution in [-0.2, 0) is 10.0 Å². The fraction of sp³-hybridized carbons (Fsp3) is 0.538. The van der Waals surface area contributed by atoms with Crippen molar-refractivity contribution in [1.82, 2.24) is 4.31 Å². The van der Waals surface area contributed by atoms with Crippen molar-refractivity contribution in [3.8, 4) is 0 Å². The first-order valence-electron chi connectivity index (χ1n) is 6.95. The number of nitrogens with zero attached hydrogens (tertiary/aromatic N) is 2. The Bertz CT molecular complexity index is 693. The van der Waals surface area contributed by atoms with Crippen LogP contribution >= 0.6 is 11.6 Å². The number of sulfonamides is 1. The zero-order chi connectivity index (χ0) is 16.5. The third-order valence-electron chi connectivity index (χ3n) is 3.94. The number of nitro groups is 1. The molecule has 0 amide bonds. The first-order valence-corrected chi connectivity index (χ1v) is 8.77. The summed E-state index contributed by atoms with van der Waals surface area (Å²) in [7, 11) is -3.85. The number of nitrogens with two attached hydrogens (primary N) is 1. The van der Waals surface area contributed by atoms with E-state index in [2.05, 4.69) is 0 Å². The molecule has 1 aromatic carbocycles. The number of rotatable bonds is 4. The predicted octanol–water partition coefficient (Wildman–Crippen LogP) is 2.06. The first kappa shape index (κ1) is 17.1. The molecule has 122 valence electrons. The molecule has 7 nitrogen and oxygen atoms in total. The van der Waals surface area contributed by atoms with Crippen LogP contribution in [-0.4, -0.2) is 36.8 Å². The molecule has 0 bridgehead atoms. The average Bonchev–Trinajstić information content (AvgIpc) is 2.49. The second-order valence-electron chi connectivity index (χ2n) is 5.31. The van der Waals surface area contributed by atoms with Crippen LogP contribution in [0.5, 0.6) is 0 Å². The number of halogens is 1. The third-order valence-corrected chi connectivity index (χ3v) is 6.26. The minimum atomic E-state index is -3.85. The number of hydrogen-bond donors (Lipinski definition) is 1. The van der Waals surface area contributed by atoms with Crippen LogP contribution in [0, 0.1) is 17.0 Å². The molecule has 1 atom stereocenters. The van der Waals surface area contributed by atoms with Gasteiger partial charge in [-0.25, -0.2) is 8.42 Å². The van der Waals surface area contributed by atoms with Gasteiger partial charge < -0.3 is 5.73 Å². The smallest absolute Gasteiger partial charge is 0.275 e. The summed E-state index contributed by atoms with van der Waals surface area (Å²) >= 11 is 5.97. The lowest BCUT2D eigenvalue weighted by Crippen LogP contribution is -2.47. The first-order chi connectivity index (χ1) is 10.3. The van der Waals surface area contributed by atoms with Crippen LogP contribution in [0.25, 0.3) is 0 Å². The van der Waals surface area contributed by atoms with Gasteiger partial charge in [-0.05, 0) is 25.8 Å². The van der Waals surface area contributed by atoms with E-state index in [1.54, 1.807) is 0 Å². The van der Waals surface area contributed by atoms with Gasteiger partial charge in [0.2, 0.25) is 10.0 Å². The lowest BCUT2D eigenvalue weighted by atomic mass is 10.1. The summed E-state index contributed by atoms with van der Waals surface area (Å²) < 4.78 is 26.9. The van der Waals surface area contributed by atoms with Crippen LogP contribution in [0.1, 0.15) is 24.8 Å². The van der Waals surface area contributed by atoms with Crippen LogP contribution in [0.15, 0.2) is 17.0 Å². The van der Waals surface area contributed by atoms with Gasteiger partial charge in [0.1, 0.15) is 0 Å². The highest BCUT2D eigenvalue weighted by Crippen LogP contribution is 2.32. The van der Waals surface area contributed by atoms with Crippen LogP contribution in [0.3, 0.4) is 0 Å². The summed E-state index contributed by atoms with van der Waals surface area (Å²) in [6.07, 6.45) is 2.36. The molecule has 1 aliphatic rings. The highest BCUT2D eigenvalue weighted by molar-refractivity contribution is 7.89. The lowest BCUT2D eigenvalue weighted by Gasteiger charge is -2.33. The van der Waals surface area contributed by atoms with Gasteiger partial charge in [0.25, 0.3) is 5.69 Å². The second kappa shape index (κ2) is 6.49. The number of hydrogen-bond acceptors (Lipinski definition) is 5. The minimum absolute atomic E-state index is 0.0640. The summed E-state index contributed by atoms with van der Waals surface area (Å²) in [4.78, 5) is 10.3. The van der Waals surface area contributed by atoms with Crippen molar-refractivity contribution in [1.29, 1.82) is 0 Å². The summed E-state index contributed by atoms with van der Waals surface area (Å²) in [5.41, 5.74) is 5.61. The van der Waals surface area contributed by atoms with Crippen molar-refractivity contribution in [2.24, 2.45) is 5.73 Å². The second-order valence-corrected chi connectivity index (χ2v) is 7.61. The van der Waals surface area contributed by atoms with E-state index in [0.29, 0.717) is 13.0 Å². The van der Waals surface area contributed by atoms with Gasteiger partial charge in [0.15, 0.2) is 0 Å². The molecule has 1 fully saturated rings. The minimum Gasteiger partial charge on any atom is -0.329 e. The molecule has 1 aromatic rings. The quantitative estimate of drug-likeness (QED) is 0.662. The Hall–Kier alpha value is -1.22. The van der Waals surface area contributed by atoms with Gasteiger partial charge in [0.05, 0.1) is 14.8 Å². The highest BCUT2D eigenvalue weighted by atomic mass is 35.5. The van der Waals surface area contributed by atoms with Gasteiger partial charge in [-0.3, -0.25) is 10.1 Å². The van der Waals surface area contributed by atoms with E-state index in [-0.39, 0.29) is 33.8 Å². The van der Waals surface area contributed by atoms with E-state index in [9.17, 15) is 18.5 Å². The SMILES string of the molecule is Cc1c(Cl)cc(S(=O)(=O)N2CCCCC2CN)cc1[N+](=O)[O-]. The molecule has 0 radical (unpaired) electrons. The van der Waals surface area contributed by atoms with Crippen molar-refractivity contribution in [2.75, 3.05) is 13.1 Å². The van der Waals surface area contributed by atoms with E-state index in [1.807, 2.05) is 0 Å². The maximum absolute atomic E-state index is 12.8. The fourth-order valence-electron chi connectivity index (χ4n) is 2.64. The zero-order valence-corrected chi connectivity index (χ0v) is 13.7. The average molecular weight is 348 g/mol. The number of benzene rings is 1. The Morgan fingerprint density at radius 1 is 1.45 bits per heavy atom. The summed E-state index contributed by atoms with van der Waals surface area (Å²) in [5, 5.41) is 11.1. The van der Waals surface area contributed by atoms with Crippen molar-refractivity contribution in [3.63, 3.8) is 0 Å². The summed E-state index contributed by atoms with van der Waals surface area (Å²) in [5.74, 6) is 0. The molecule has 22 heavy (non-hydrogen) atoms. The maximum Gasteiger partial charge on any atom is 0.275 e. The molecule has 0 saturated carbocycles. The van der Waals surface area contributed by atoms with Crippen LogP contribution in [0.2, 0.25) is 5.02 Å². The lowest BCUT2D eigenvalue weighted by molar-refractivity contribution is -0.385. The molecule has 1 saturated heterocycles. The Balaban J connectivity index is 2.51. The Morgan fingerprint density at radius 2 is 2.14 bits per heavy atom.